The van der Waals surface area contributed by atoms with Crippen molar-refractivity contribution in [3.8, 4) is 5.75 Å². The molecule has 0 fully saturated rings. The average molecular weight is 330 g/mol. The van der Waals surface area contributed by atoms with E-state index in [-0.39, 0.29) is 5.63 Å². The molecule has 23 heavy (non-hydrogen) atoms. The van der Waals surface area contributed by atoms with Crippen LogP contribution in [0.15, 0.2) is 57.7 Å². The second-order valence-electron chi connectivity index (χ2n) is 5.19. The third-order valence-electron chi connectivity index (χ3n) is 3.45. The molecule has 0 radical (unpaired) electrons. The largest absolute Gasteiger partial charge is 0.492 e. The van der Waals surface area contributed by atoms with Gasteiger partial charge in [0, 0.05) is 34.8 Å². The van der Waals surface area contributed by atoms with Crippen LogP contribution in [0.3, 0.4) is 0 Å². The number of halogens is 1. The summed E-state index contributed by atoms with van der Waals surface area (Å²) in [5.74, 6) is 0.666. The number of hydrogen-bond donors (Lipinski definition) is 1. The molecule has 3 rings (SSSR count). The molecule has 1 aromatic heterocycles. The number of anilines is 1. The van der Waals surface area contributed by atoms with Crippen LogP contribution in [0.25, 0.3) is 11.0 Å². The van der Waals surface area contributed by atoms with Gasteiger partial charge in [0.2, 0.25) is 0 Å². The third kappa shape index (κ3) is 3.85. The van der Waals surface area contributed by atoms with Crippen molar-refractivity contribution in [2.45, 2.75) is 6.92 Å². The number of ether oxygens (including phenoxy) is 1. The smallest absolute Gasteiger partial charge is 0.336 e. The fourth-order valence-electron chi connectivity index (χ4n) is 2.36. The summed E-state index contributed by atoms with van der Waals surface area (Å²) >= 11 is 5.93. The molecule has 0 saturated heterocycles. The van der Waals surface area contributed by atoms with Crippen molar-refractivity contribution in [2.75, 3.05) is 18.5 Å². The minimum atomic E-state index is -0.352. The van der Waals surface area contributed by atoms with E-state index < -0.39 is 0 Å². The number of fused-ring (bicyclic) bond motifs is 1. The van der Waals surface area contributed by atoms with E-state index in [9.17, 15) is 4.79 Å². The molecule has 0 saturated carbocycles. The van der Waals surface area contributed by atoms with Crippen LogP contribution in [0.4, 0.5) is 5.69 Å². The van der Waals surface area contributed by atoms with Gasteiger partial charge >= 0.3 is 5.63 Å². The average Bonchev–Trinajstić information content (AvgIpc) is 2.51. The van der Waals surface area contributed by atoms with Crippen molar-refractivity contribution in [1.82, 2.24) is 0 Å². The van der Waals surface area contributed by atoms with Gasteiger partial charge < -0.3 is 14.5 Å². The highest BCUT2D eigenvalue weighted by molar-refractivity contribution is 6.30. The molecule has 0 spiro atoms. The predicted octanol–water partition coefficient (Wildman–Crippen LogP) is 4.25. The van der Waals surface area contributed by atoms with Crippen molar-refractivity contribution in [3.05, 3.63) is 69.5 Å². The van der Waals surface area contributed by atoms with Crippen molar-refractivity contribution < 1.29 is 9.15 Å². The molecule has 0 aliphatic heterocycles. The van der Waals surface area contributed by atoms with E-state index in [0.29, 0.717) is 29.5 Å². The van der Waals surface area contributed by atoms with E-state index in [1.807, 2.05) is 43.3 Å². The molecule has 2 aromatic carbocycles. The minimum absolute atomic E-state index is 0.352. The highest BCUT2D eigenvalue weighted by Gasteiger charge is 2.04. The van der Waals surface area contributed by atoms with Crippen LogP contribution >= 0.6 is 11.6 Å². The Labute approximate surface area is 138 Å². The fourth-order valence-corrected chi connectivity index (χ4v) is 2.55. The number of rotatable bonds is 5. The Balaban J connectivity index is 1.62. The van der Waals surface area contributed by atoms with Crippen LogP contribution < -0.4 is 15.7 Å². The molecule has 0 atom stereocenters. The van der Waals surface area contributed by atoms with Gasteiger partial charge in [0.05, 0.1) is 0 Å². The summed E-state index contributed by atoms with van der Waals surface area (Å²) in [7, 11) is 0. The maximum Gasteiger partial charge on any atom is 0.336 e. The Morgan fingerprint density at radius 1 is 1.17 bits per heavy atom. The van der Waals surface area contributed by atoms with Crippen LogP contribution in [0.2, 0.25) is 5.02 Å². The lowest BCUT2D eigenvalue weighted by Crippen LogP contribution is -2.11. The van der Waals surface area contributed by atoms with E-state index in [1.165, 1.54) is 6.07 Å². The summed E-state index contributed by atoms with van der Waals surface area (Å²) in [6.07, 6.45) is 0. The Kier molecular flexibility index (Phi) is 4.53. The number of aryl methyl sites for hydroxylation is 1. The maximum absolute atomic E-state index is 11.4. The Hall–Kier alpha value is -2.46. The third-order valence-corrected chi connectivity index (χ3v) is 3.68. The summed E-state index contributed by atoms with van der Waals surface area (Å²) in [4.78, 5) is 11.4. The van der Waals surface area contributed by atoms with E-state index in [2.05, 4.69) is 5.32 Å². The van der Waals surface area contributed by atoms with E-state index in [0.717, 1.165) is 16.6 Å². The topological polar surface area (TPSA) is 51.5 Å². The number of benzene rings is 2. The summed E-state index contributed by atoms with van der Waals surface area (Å²) in [6, 6.07) is 14.5. The lowest BCUT2D eigenvalue weighted by atomic mass is 10.1. The van der Waals surface area contributed by atoms with E-state index in [1.54, 1.807) is 6.07 Å². The summed E-state index contributed by atoms with van der Waals surface area (Å²) < 4.78 is 10.9. The van der Waals surface area contributed by atoms with Crippen molar-refractivity contribution >= 4 is 28.3 Å². The number of hydrogen-bond acceptors (Lipinski definition) is 4. The van der Waals surface area contributed by atoms with Gasteiger partial charge in [-0.25, -0.2) is 4.79 Å². The molecule has 0 aliphatic rings. The molecule has 4 nitrogen and oxygen atoms in total. The van der Waals surface area contributed by atoms with Gasteiger partial charge in [-0.05, 0) is 42.8 Å². The molecule has 1 heterocycles. The van der Waals surface area contributed by atoms with Gasteiger partial charge in [0.15, 0.2) is 0 Å². The molecule has 5 heteroatoms. The second kappa shape index (κ2) is 6.75. The van der Waals surface area contributed by atoms with Gasteiger partial charge in [-0.3, -0.25) is 0 Å². The first-order valence-electron chi connectivity index (χ1n) is 7.28. The standard InChI is InChI=1S/C18H16ClNO3/c1-12-9-18(21)23-17-11-15(5-6-16(12)17)22-8-7-20-14-4-2-3-13(19)10-14/h2-6,9-11,20H,7-8H2,1H3. The van der Waals surface area contributed by atoms with Crippen molar-refractivity contribution in [1.29, 1.82) is 0 Å². The first kappa shape index (κ1) is 15.4. The molecule has 0 aliphatic carbocycles. The van der Waals surface area contributed by atoms with Gasteiger partial charge in [-0.2, -0.15) is 0 Å². The van der Waals surface area contributed by atoms with E-state index >= 15 is 0 Å². The predicted molar refractivity (Wildman–Crippen MR) is 92.7 cm³/mol. The molecule has 3 aromatic rings. The summed E-state index contributed by atoms with van der Waals surface area (Å²) in [6.45, 7) is 3.00. The molecule has 0 amide bonds. The normalized spacial score (nSPS) is 10.7. The highest BCUT2D eigenvalue weighted by Crippen LogP contribution is 2.22. The number of nitrogens with one attached hydrogen (secondary N) is 1. The molecule has 118 valence electrons. The second-order valence-corrected chi connectivity index (χ2v) is 5.63. The first-order chi connectivity index (χ1) is 11.1. The Morgan fingerprint density at radius 3 is 2.87 bits per heavy atom. The lowest BCUT2D eigenvalue weighted by molar-refractivity contribution is 0.332. The monoisotopic (exact) mass is 329 g/mol. The van der Waals surface area contributed by atoms with Crippen molar-refractivity contribution in [2.24, 2.45) is 0 Å². The summed E-state index contributed by atoms with van der Waals surface area (Å²) in [5.41, 5.74) is 2.02. The molecular formula is C18H16ClNO3. The van der Waals surface area contributed by atoms with Crippen LogP contribution in [0.1, 0.15) is 5.56 Å². The van der Waals surface area contributed by atoms with Crippen LogP contribution in [-0.2, 0) is 0 Å². The molecule has 0 unspecified atom stereocenters. The quantitative estimate of drug-likeness (QED) is 0.561. The van der Waals surface area contributed by atoms with Crippen LogP contribution in [0, 0.1) is 6.92 Å². The minimum Gasteiger partial charge on any atom is -0.492 e. The molecular weight excluding hydrogens is 314 g/mol. The zero-order valence-corrected chi connectivity index (χ0v) is 13.4. The van der Waals surface area contributed by atoms with Gasteiger partial charge in [-0.15, -0.1) is 0 Å². The molecule has 1 N–H and O–H groups in total. The first-order valence-corrected chi connectivity index (χ1v) is 7.66. The Morgan fingerprint density at radius 2 is 2.04 bits per heavy atom. The van der Waals surface area contributed by atoms with E-state index in [4.69, 9.17) is 20.8 Å². The fraction of sp³-hybridized carbons (Fsp3) is 0.167. The van der Waals surface area contributed by atoms with Gasteiger partial charge in [0.1, 0.15) is 17.9 Å². The highest BCUT2D eigenvalue weighted by atomic mass is 35.5. The Bertz CT molecular complexity index is 889. The summed E-state index contributed by atoms with van der Waals surface area (Å²) in [5, 5.41) is 4.83. The lowest BCUT2D eigenvalue weighted by Gasteiger charge is -2.09. The van der Waals surface area contributed by atoms with Gasteiger partial charge in [-0.1, -0.05) is 17.7 Å². The van der Waals surface area contributed by atoms with Gasteiger partial charge in [0.25, 0.3) is 0 Å². The van der Waals surface area contributed by atoms with Crippen LogP contribution in [0.5, 0.6) is 5.75 Å². The van der Waals surface area contributed by atoms with Crippen molar-refractivity contribution in [3.63, 3.8) is 0 Å². The molecule has 0 bridgehead atoms. The maximum atomic E-state index is 11.4. The zero-order valence-electron chi connectivity index (χ0n) is 12.6. The zero-order chi connectivity index (χ0) is 16.2. The van der Waals surface area contributed by atoms with Crippen LogP contribution in [-0.4, -0.2) is 13.2 Å². The SMILES string of the molecule is Cc1cc(=O)oc2cc(OCCNc3cccc(Cl)c3)ccc12.